The van der Waals surface area contributed by atoms with Crippen LogP contribution in [-0.2, 0) is 9.53 Å². The fourth-order valence-electron chi connectivity index (χ4n) is 1.83. The maximum atomic E-state index is 10.7. The topological polar surface area (TPSA) is 71.5 Å². The lowest BCUT2D eigenvalue weighted by Crippen LogP contribution is -2.24. The number of hydrogen-bond donors (Lipinski definition) is 2. The SMILES string of the molecule is Cc1ccc(NCC2CCC(C(=O)O)O2)nc1. The van der Waals surface area contributed by atoms with Crippen LogP contribution in [0.3, 0.4) is 0 Å². The Labute approximate surface area is 99.8 Å². The van der Waals surface area contributed by atoms with Crippen LogP contribution >= 0.6 is 0 Å². The Morgan fingerprint density at radius 1 is 1.59 bits per heavy atom. The van der Waals surface area contributed by atoms with Crippen LogP contribution < -0.4 is 5.32 Å². The van der Waals surface area contributed by atoms with Gasteiger partial charge in [0.15, 0.2) is 6.10 Å². The number of aliphatic carboxylic acids is 1. The lowest BCUT2D eigenvalue weighted by Gasteiger charge is -2.12. The van der Waals surface area contributed by atoms with Gasteiger partial charge in [-0.2, -0.15) is 0 Å². The number of rotatable bonds is 4. The van der Waals surface area contributed by atoms with Crippen LogP contribution in [0.1, 0.15) is 18.4 Å². The third-order valence-corrected chi connectivity index (χ3v) is 2.81. The van der Waals surface area contributed by atoms with E-state index in [0.29, 0.717) is 13.0 Å². The van der Waals surface area contributed by atoms with E-state index in [-0.39, 0.29) is 6.10 Å². The predicted molar refractivity (Wildman–Crippen MR) is 63.0 cm³/mol. The van der Waals surface area contributed by atoms with E-state index in [4.69, 9.17) is 9.84 Å². The number of nitrogens with one attached hydrogen (secondary N) is 1. The van der Waals surface area contributed by atoms with Gasteiger partial charge in [-0.1, -0.05) is 6.07 Å². The predicted octanol–water partition coefficient (Wildman–Crippen LogP) is 1.43. The fraction of sp³-hybridized carbons (Fsp3) is 0.500. The number of pyridine rings is 1. The number of carboxylic acids is 1. The molecule has 0 radical (unpaired) electrons. The summed E-state index contributed by atoms with van der Waals surface area (Å²) < 4.78 is 5.38. The molecule has 0 aliphatic carbocycles. The molecule has 2 unspecified atom stereocenters. The van der Waals surface area contributed by atoms with E-state index in [1.807, 2.05) is 19.1 Å². The Hall–Kier alpha value is -1.62. The van der Waals surface area contributed by atoms with Crippen molar-refractivity contribution in [2.24, 2.45) is 0 Å². The van der Waals surface area contributed by atoms with E-state index in [9.17, 15) is 4.79 Å². The van der Waals surface area contributed by atoms with Crippen LogP contribution in [0, 0.1) is 6.92 Å². The second kappa shape index (κ2) is 5.14. The van der Waals surface area contributed by atoms with E-state index in [0.717, 1.165) is 17.8 Å². The van der Waals surface area contributed by atoms with E-state index in [1.165, 1.54) is 0 Å². The summed E-state index contributed by atoms with van der Waals surface area (Å²) in [4.78, 5) is 14.9. The number of carbonyl (C=O) groups is 1. The van der Waals surface area contributed by atoms with Gasteiger partial charge in [0.2, 0.25) is 0 Å². The summed E-state index contributed by atoms with van der Waals surface area (Å²) in [6.07, 6.45) is 2.46. The smallest absolute Gasteiger partial charge is 0.332 e. The van der Waals surface area contributed by atoms with Crippen molar-refractivity contribution in [3.8, 4) is 0 Å². The molecule has 2 rings (SSSR count). The molecule has 0 saturated carbocycles. The molecule has 1 aromatic heterocycles. The first kappa shape index (κ1) is 11.9. The minimum Gasteiger partial charge on any atom is -0.479 e. The molecule has 1 saturated heterocycles. The molecule has 0 bridgehead atoms. The zero-order chi connectivity index (χ0) is 12.3. The monoisotopic (exact) mass is 236 g/mol. The second-order valence-corrected chi connectivity index (χ2v) is 4.26. The standard InChI is InChI=1S/C12H16N2O3/c1-8-2-5-11(13-6-8)14-7-9-3-4-10(17-9)12(15)16/h2,5-6,9-10H,3-4,7H2,1H3,(H,13,14)(H,15,16). The summed E-state index contributed by atoms with van der Waals surface area (Å²) in [5, 5.41) is 11.9. The lowest BCUT2D eigenvalue weighted by molar-refractivity contribution is -0.149. The highest BCUT2D eigenvalue weighted by atomic mass is 16.5. The molecule has 2 atom stereocenters. The van der Waals surface area contributed by atoms with Crippen molar-refractivity contribution in [1.82, 2.24) is 4.98 Å². The maximum absolute atomic E-state index is 10.7. The van der Waals surface area contributed by atoms with Gasteiger partial charge >= 0.3 is 5.97 Å². The van der Waals surface area contributed by atoms with Crippen molar-refractivity contribution < 1.29 is 14.6 Å². The Kier molecular flexibility index (Phi) is 3.58. The van der Waals surface area contributed by atoms with Gasteiger partial charge < -0.3 is 15.2 Å². The molecular weight excluding hydrogens is 220 g/mol. The van der Waals surface area contributed by atoms with Gasteiger partial charge in [-0.3, -0.25) is 0 Å². The average molecular weight is 236 g/mol. The molecule has 92 valence electrons. The van der Waals surface area contributed by atoms with Crippen LogP contribution in [0.4, 0.5) is 5.82 Å². The van der Waals surface area contributed by atoms with Crippen LogP contribution in [0.25, 0.3) is 0 Å². The van der Waals surface area contributed by atoms with Crippen LogP contribution in [0.5, 0.6) is 0 Å². The van der Waals surface area contributed by atoms with Crippen LogP contribution in [0.15, 0.2) is 18.3 Å². The van der Waals surface area contributed by atoms with Gasteiger partial charge in [-0.05, 0) is 31.4 Å². The Morgan fingerprint density at radius 3 is 3.00 bits per heavy atom. The third-order valence-electron chi connectivity index (χ3n) is 2.81. The number of aryl methyl sites for hydroxylation is 1. The first-order chi connectivity index (χ1) is 8.15. The highest BCUT2D eigenvalue weighted by molar-refractivity contribution is 5.72. The van der Waals surface area contributed by atoms with Crippen molar-refractivity contribution in [2.75, 3.05) is 11.9 Å². The summed E-state index contributed by atoms with van der Waals surface area (Å²) in [5.74, 6) is -0.0843. The van der Waals surface area contributed by atoms with E-state index in [2.05, 4.69) is 10.3 Å². The summed E-state index contributed by atoms with van der Waals surface area (Å²) in [7, 11) is 0. The molecular formula is C12H16N2O3. The second-order valence-electron chi connectivity index (χ2n) is 4.26. The number of ether oxygens (including phenoxy) is 1. The minimum atomic E-state index is -0.874. The Bertz CT molecular complexity index is 391. The lowest BCUT2D eigenvalue weighted by atomic mass is 10.2. The molecule has 17 heavy (non-hydrogen) atoms. The van der Waals surface area contributed by atoms with Crippen LogP contribution in [0.2, 0.25) is 0 Å². The zero-order valence-electron chi connectivity index (χ0n) is 9.72. The molecule has 0 amide bonds. The first-order valence-electron chi connectivity index (χ1n) is 5.70. The van der Waals surface area contributed by atoms with E-state index in [1.54, 1.807) is 6.20 Å². The average Bonchev–Trinajstić information content (AvgIpc) is 2.77. The normalized spacial score (nSPS) is 23.6. The highest BCUT2D eigenvalue weighted by Gasteiger charge is 2.30. The largest absolute Gasteiger partial charge is 0.479 e. The molecule has 1 aliphatic rings. The number of anilines is 1. The molecule has 5 heteroatoms. The van der Waals surface area contributed by atoms with Gasteiger partial charge in [-0.25, -0.2) is 9.78 Å². The van der Waals surface area contributed by atoms with E-state index >= 15 is 0 Å². The number of aromatic nitrogens is 1. The van der Waals surface area contributed by atoms with Crippen molar-refractivity contribution in [3.63, 3.8) is 0 Å². The van der Waals surface area contributed by atoms with E-state index < -0.39 is 12.1 Å². The molecule has 1 aliphatic heterocycles. The summed E-state index contributed by atoms with van der Waals surface area (Å²) in [6.45, 7) is 2.58. The van der Waals surface area contributed by atoms with Crippen molar-refractivity contribution in [1.29, 1.82) is 0 Å². The molecule has 1 aromatic rings. The van der Waals surface area contributed by atoms with Crippen molar-refractivity contribution in [2.45, 2.75) is 32.0 Å². The van der Waals surface area contributed by atoms with Gasteiger partial charge in [-0.15, -0.1) is 0 Å². The summed E-state index contributed by atoms with van der Waals surface area (Å²) in [6, 6.07) is 3.88. The summed E-state index contributed by atoms with van der Waals surface area (Å²) in [5.41, 5.74) is 1.11. The molecule has 1 fully saturated rings. The third kappa shape index (κ3) is 3.17. The molecule has 2 N–H and O–H groups in total. The van der Waals surface area contributed by atoms with Gasteiger partial charge in [0.1, 0.15) is 5.82 Å². The molecule has 2 heterocycles. The number of nitrogens with zero attached hydrogens (tertiary/aromatic N) is 1. The first-order valence-corrected chi connectivity index (χ1v) is 5.70. The Morgan fingerprint density at radius 2 is 2.41 bits per heavy atom. The number of hydrogen-bond acceptors (Lipinski definition) is 4. The Balaban J connectivity index is 1.80. The quantitative estimate of drug-likeness (QED) is 0.827. The number of carboxylic acid groups (broad SMARTS) is 1. The fourth-order valence-corrected chi connectivity index (χ4v) is 1.83. The van der Waals surface area contributed by atoms with Gasteiger partial charge in [0.25, 0.3) is 0 Å². The van der Waals surface area contributed by atoms with Crippen LogP contribution in [-0.4, -0.2) is 34.8 Å². The molecule has 0 aromatic carbocycles. The minimum absolute atomic E-state index is 0.0424. The summed E-state index contributed by atoms with van der Waals surface area (Å²) >= 11 is 0. The molecule has 0 spiro atoms. The van der Waals surface area contributed by atoms with Gasteiger partial charge in [0.05, 0.1) is 6.10 Å². The van der Waals surface area contributed by atoms with Gasteiger partial charge in [0, 0.05) is 12.7 Å². The van der Waals surface area contributed by atoms with Crippen molar-refractivity contribution in [3.05, 3.63) is 23.9 Å². The molecule has 5 nitrogen and oxygen atoms in total. The maximum Gasteiger partial charge on any atom is 0.332 e. The van der Waals surface area contributed by atoms with Crippen molar-refractivity contribution >= 4 is 11.8 Å². The zero-order valence-corrected chi connectivity index (χ0v) is 9.72. The highest BCUT2D eigenvalue weighted by Crippen LogP contribution is 2.20.